The fraction of sp³-hybridized carbons (Fsp3) is 0.429. The Morgan fingerprint density at radius 2 is 1.37 bits per heavy atom. The first-order valence-corrected chi connectivity index (χ1v) is 12.2. The fourth-order valence-corrected chi connectivity index (χ4v) is 15.8. The van der Waals surface area contributed by atoms with Crippen LogP contribution in [0.4, 0.5) is 0 Å². The molecule has 0 amide bonds. The Kier molecular flexibility index (Phi) is 2.99. The van der Waals surface area contributed by atoms with Crippen molar-refractivity contribution >= 4 is 73.0 Å². The van der Waals surface area contributed by atoms with Gasteiger partial charge in [-0.1, -0.05) is 13.8 Å². The zero-order valence-electron chi connectivity index (χ0n) is 10.8. The number of halogens is 2. The first-order chi connectivity index (χ1) is 9.01. The highest BCUT2D eigenvalue weighted by molar-refractivity contribution is 9.11. The summed E-state index contributed by atoms with van der Waals surface area (Å²) in [5.41, 5.74) is 0. The van der Waals surface area contributed by atoms with E-state index in [0.29, 0.717) is 0 Å². The molecule has 4 rings (SSSR count). The summed E-state index contributed by atoms with van der Waals surface area (Å²) in [6, 6.07) is 7.76. The van der Waals surface area contributed by atoms with Gasteiger partial charge >= 0.3 is 0 Å². The molecular formula is C14H14Br2S2Si. The van der Waals surface area contributed by atoms with Gasteiger partial charge in [-0.05, 0) is 78.3 Å². The SMILES string of the molecule is C[C@@H]1C[Si]2(C[C@@H](C)c3sc(Br)cc32)c2cc(Br)sc21. The minimum absolute atomic E-state index is 0.759. The van der Waals surface area contributed by atoms with Gasteiger partial charge in [-0.25, -0.2) is 0 Å². The van der Waals surface area contributed by atoms with E-state index in [0.717, 1.165) is 11.8 Å². The predicted octanol–water partition coefficient (Wildman–Crippen LogP) is 5.13. The molecule has 0 saturated heterocycles. The van der Waals surface area contributed by atoms with Crippen LogP contribution in [0.1, 0.15) is 35.4 Å². The average Bonchev–Trinajstić information content (AvgIpc) is 3.00. The molecule has 0 saturated carbocycles. The van der Waals surface area contributed by atoms with Crippen LogP contribution in [0.25, 0.3) is 0 Å². The van der Waals surface area contributed by atoms with E-state index in [1.54, 1.807) is 20.1 Å². The zero-order chi connectivity index (χ0) is 13.4. The number of hydrogen-bond donors (Lipinski definition) is 0. The molecule has 0 radical (unpaired) electrons. The summed E-state index contributed by atoms with van der Waals surface area (Å²) in [4.78, 5) is 3.34. The summed E-state index contributed by atoms with van der Waals surface area (Å²) in [6.45, 7) is 4.85. The van der Waals surface area contributed by atoms with Gasteiger partial charge in [0.2, 0.25) is 0 Å². The van der Waals surface area contributed by atoms with Gasteiger partial charge in [0.05, 0.1) is 7.57 Å². The van der Waals surface area contributed by atoms with Crippen LogP contribution in [0.5, 0.6) is 0 Å². The van der Waals surface area contributed by atoms with Crippen LogP contribution in [0, 0.1) is 0 Å². The summed E-state index contributed by atoms with van der Waals surface area (Å²) in [5, 5.41) is 3.49. The maximum absolute atomic E-state index is 3.71. The van der Waals surface area contributed by atoms with E-state index in [2.05, 4.69) is 57.8 Å². The largest absolute Gasteiger partial charge is 0.133 e. The molecule has 0 nitrogen and oxygen atoms in total. The lowest BCUT2D eigenvalue weighted by atomic mass is 10.2. The van der Waals surface area contributed by atoms with Crippen molar-refractivity contribution in [2.75, 3.05) is 0 Å². The molecule has 2 aromatic rings. The molecule has 0 aromatic carbocycles. The summed E-state index contributed by atoms with van der Waals surface area (Å²) < 4.78 is 2.65. The van der Waals surface area contributed by atoms with Crippen molar-refractivity contribution in [2.24, 2.45) is 0 Å². The van der Waals surface area contributed by atoms with Gasteiger partial charge in [0, 0.05) is 9.75 Å². The third-order valence-corrected chi connectivity index (χ3v) is 14.3. The highest BCUT2D eigenvalue weighted by Crippen LogP contribution is 2.49. The average molecular weight is 434 g/mol. The molecule has 19 heavy (non-hydrogen) atoms. The molecule has 100 valence electrons. The number of fused-ring (bicyclic) bond motifs is 4. The smallest absolute Gasteiger partial charge is 0.122 e. The molecule has 0 bridgehead atoms. The number of hydrogen-bond acceptors (Lipinski definition) is 2. The minimum atomic E-state index is -1.43. The van der Waals surface area contributed by atoms with Crippen molar-refractivity contribution in [1.82, 2.24) is 0 Å². The first-order valence-electron chi connectivity index (χ1n) is 6.60. The lowest BCUT2D eigenvalue weighted by molar-refractivity contribution is 0.868. The van der Waals surface area contributed by atoms with Crippen molar-refractivity contribution in [3.63, 3.8) is 0 Å². The summed E-state index contributed by atoms with van der Waals surface area (Å²) in [7, 11) is -1.43. The van der Waals surface area contributed by atoms with E-state index in [4.69, 9.17) is 0 Å². The van der Waals surface area contributed by atoms with Gasteiger partial charge in [-0.2, -0.15) is 0 Å². The van der Waals surface area contributed by atoms with Crippen LogP contribution in [0.15, 0.2) is 19.7 Å². The summed E-state index contributed by atoms with van der Waals surface area (Å²) >= 11 is 11.4. The number of rotatable bonds is 0. The highest BCUT2D eigenvalue weighted by atomic mass is 79.9. The number of thiophene rings is 2. The van der Waals surface area contributed by atoms with Gasteiger partial charge in [0.15, 0.2) is 0 Å². The van der Waals surface area contributed by atoms with Gasteiger partial charge in [-0.15, -0.1) is 22.7 Å². The second kappa shape index (κ2) is 4.29. The molecule has 2 aliphatic rings. The Labute approximate surface area is 139 Å². The van der Waals surface area contributed by atoms with E-state index in [9.17, 15) is 0 Å². The molecule has 5 heteroatoms. The Balaban J connectivity index is 1.97. The molecule has 0 N–H and O–H groups in total. The summed E-state index contributed by atoms with van der Waals surface area (Å²) in [5.74, 6) is 1.52. The van der Waals surface area contributed by atoms with Crippen LogP contribution in [-0.4, -0.2) is 8.07 Å². The van der Waals surface area contributed by atoms with Crippen LogP contribution in [-0.2, 0) is 0 Å². The molecule has 4 heterocycles. The monoisotopic (exact) mass is 432 g/mol. The Morgan fingerprint density at radius 1 is 0.947 bits per heavy atom. The van der Waals surface area contributed by atoms with E-state index < -0.39 is 8.07 Å². The van der Waals surface area contributed by atoms with Crippen molar-refractivity contribution in [1.29, 1.82) is 0 Å². The van der Waals surface area contributed by atoms with Crippen molar-refractivity contribution in [3.8, 4) is 0 Å². The van der Waals surface area contributed by atoms with Crippen LogP contribution in [0.2, 0.25) is 12.1 Å². The third kappa shape index (κ3) is 1.71. The fourth-order valence-electron chi connectivity index (χ4n) is 4.13. The van der Waals surface area contributed by atoms with Gasteiger partial charge in [-0.3, -0.25) is 0 Å². The lowest BCUT2D eigenvalue weighted by Gasteiger charge is -2.23. The first kappa shape index (κ1) is 13.3. The topological polar surface area (TPSA) is 0 Å². The van der Waals surface area contributed by atoms with E-state index in [-0.39, 0.29) is 0 Å². The second-order valence-corrected chi connectivity index (χ2v) is 14.9. The van der Waals surface area contributed by atoms with Crippen LogP contribution < -0.4 is 10.4 Å². The molecule has 2 aromatic heterocycles. The molecular weight excluding hydrogens is 420 g/mol. The van der Waals surface area contributed by atoms with E-state index >= 15 is 0 Å². The predicted molar refractivity (Wildman–Crippen MR) is 95.5 cm³/mol. The van der Waals surface area contributed by atoms with Crippen LogP contribution in [0.3, 0.4) is 0 Å². The molecule has 0 fully saturated rings. The standard InChI is InChI=1S/C14H14Br2S2Si/c1-7-5-19(9-3-11(15)17-13(7)9)6-8(2)14-10(19)4-12(16)18-14/h3-4,7-8H,5-6H2,1-2H3/t7-,8-,19?/m1/s1. The molecule has 0 aliphatic carbocycles. The maximum atomic E-state index is 3.71. The van der Waals surface area contributed by atoms with Gasteiger partial charge in [0.25, 0.3) is 0 Å². The van der Waals surface area contributed by atoms with E-state index in [1.165, 1.54) is 19.7 Å². The van der Waals surface area contributed by atoms with Gasteiger partial charge in [0.1, 0.15) is 8.07 Å². The van der Waals surface area contributed by atoms with Crippen LogP contribution >= 0.6 is 54.5 Å². The second-order valence-electron chi connectivity index (χ2n) is 5.95. The summed E-state index contributed by atoms with van der Waals surface area (Å²) in [6.07, 6.45) is 0. The maximum Gasteiger partial charge on any atom is 0.122 e. The normalized spacial score (nSPS) is 26.9. The van der Waals surface area contributed by atoms with E-state index in [1.807, 2.05) is 22.7 Å². The quantitative estimate of drug-likeness (QED) is 0.505. The zero-order valence-corrected chi connectivity index (χ0v) is 16.6. The lowest BCUT2D eigenvalue weighted by Crippen LogP contribution is -2.52. The Hall–Kier alpha value is 0.577. The van der Waals surface area contributed by atoms with Gasteiger partial charge < -0.3 is 0 Å². The third-order valence-electron chi connectivity index (χ3n) is 4.70. The van der Waals surface area contributed by atoms with Crippen molar-refractivity contribution < 1.29 is 0 Å². The Bertz CT molecular complexity index is 615. The molecule has 2 atom stereocenters. The minimum Gasteiger partial charge on any atom is -0.133 e. The Morgan fingerprint density at radius 3 is 1.79 bits per heavy atom. The van der Waals surface area contributed by atoms with Crippen molar-refractivity contribution in [3.05, 3.63) is 29.5 Å². The highest BCUT2D eigenvalue weighted by Gasteiger charge is 2.53. The molecule has 2 aliphatic heterocycles. The molecule has 1 spiro atoms. The molecule has 0 unspecified atom stereocenters. The van der Waals surface area contributed by atoms with Crippen molar-refractivity contribution in [2.45, 2.75) is 37.8 Å².